The number of halogens is 2. The van der Waals surface area contributed by atoms with E-state index in [-0.39, 0.29) is 5.69 Å². The molecule has 0 aliphatic rings. The standard InChI is InChI=1S/C16H13F2N3O/c1-2-13-19-15(12-8-3-4-9-21(12)13)16(22)20-14-10(17)6-5-7-11(14)18/h3-9H,2H2,1H3,(H,20,22). The lowest BCUT2D eigenvalue weighted by molar-refractivity contribution is 0.102. The summed E-state index contributed by atoms with van der Waals surface area (Å²) in [4.78, 5) is 16.6. The van der Waals surface area contributed by atoms with Gasteiger partial charge in [-0.05, 0) is 24.3 Å². The number of hydrogen-bond acceptors (Lipinski definition) is 2. The van der Waals surface area contributed by atoms with Crippen LogP contribution < -0.4 is 5.32 Å². The van der Waals surface area contributed by atoms with E-state index in [4.69, 9.17) is 0 Å². The summed E-state index contributed by atoms with van der Waals surface area (Å²) in [5, 5.41) is 2.26. The molecule has 0 fully saturated rings. The highest BCUT2D eigenvalue weighted by Gasteiger charge is 2.19. The van der Waals surface area contributed by atoms with Gasteiger partial charge in [-0.1, -0.05) is 19.1 Å². The Balaban J connectivity index is 2.03. The summed E-state index contributed by atoms with van der Waals surface area (Å²) in [5.41, 5.74) is 0.260. The first-order valence-electron chi connectivity index (χ1n) is 6.83. The zero-order valence-electron chi connectivity index (χ0n) is 11.8. The Bertz CT molecular complexity index is 837. The third-order valence-corrected chi connectivity index (χ3v) is 3.35. The van der Waals surface area contributed by atoms with E-state index >= 15 is 0 Å². The van der Waals surface area contributed by atoms with E-state index in [1.54, 1.807) is 22.7 Å². The monoisotopic (exact) mass is 301 g/mol. The van der Waals surface area contributed by atoms with Crippen molar-refractivity contribution in [2.24, 2.45) is 0 Å². The fourth-order valence-electron chi connectivity index (χ4n) is 2.31. The van der Waals surface area contributed by atoms with Gasteiger partial charge in [0.05, 0.1) is 5.52 Å². The van der Waals surface area contributed by atoms with Crippen LogP contribution in [0.5, 0.6) is 0 Å². The van der Waals surface area contributed by atoms with Crippen LogP contribution in [0.3, 0.4) is 0 Å². The summed E-state index contributed by atoms with van der Waals surface area (Å²) in [6.07, 6.45) is 2.42. The molecule has 0 spiro atoms. The number of para-hydroxylation sites is 1. The summed E-state index contributed by atoms with van der Waals surface area (Å²) < 4.78 is 29.0. The van der Waals surface area contributed by atoms with Gasteiger partial charge in [-0.15, -0.1) is 0 Å². The number of fused-ring (bicyclic) bond motifs is 1. The lowest BCUT2D eigenvalue weighted by Crippen LogP contribution is -2.15. The van der Waals surface area contributed by atoms with Gasteiger partial charge in [0.2, 0.25) is 0 Å². The van der Waals surface area contributed by atoms with Gasteiger partial charge in [-0.2, -0.15) is 0 Å². The predicted octanol–water partition coefficient (Wildman–Crippen LogP) is 3.43. The fraction of sp³-hybridized carbons (Fsp3) is 0.125. The summed E-state index contributed by atoms with van der Waals surface area (Å²) in [6.45, 7) is 1.92. The van der Waals surface area contributed by atoms with Crippen LogP contribution in [0.2, 0.25) is 0 Å². The number of imidazole rings is 1. The number of hydrogen-bond donors (Lipinski definition) is 1. The van der Waals surface area contributed by atoms with Gasteiger partial charge in [0.25, 0.3) is 5.91 Å². The first-order chi connectivity index (χ1) is 10.6. The number of aromatic nitrogens is 2. The van der Waals surface area contributed by atoms with Crippen molar-refractivity contribution in [2.75, 3.05) is 5.32 Å². The highest BCUT2D eigenvalue weighted by molar-refractivity contribution is 6.07. The lowest BCUT2D eigenvalue weighted by atomic mass is 10.2. The second kappa shape index (κ2) is 5.55. The van der Waals surface area contributed by atoms with Crippen molar-refractivity contribution in [1.82, 2.24) is 9.38 Å². The van der Waals surface area contributed by atoms with E-state index in [9.17, 15) is 13.6 Å². The third-order valence-electron chi connectivity index (χ3n) is 3.35. The molecule has 0 saturated heterocycles. The van der Waals surface area contributed by atoms with Crippen molar-refractivity contribution in [3.8, 4) is 0 Å². The Morgan fingerprint density at radius 3 is 2.59 bits per heavy atom. The van der Waals surface area contributed by atoms with Crippen molar-refractivity contribution in [2.45, 2.75) is 13.3 Å². The van der Waals surface area contributed by atoms with Crippen molar-refractivity contribution >= 4 is 17.1 Å². The van der Waals surface area contributed by atoms with Gasteiger partial charge >= 0.3 is 0 Å². The maximum absolute atomic E-state index is 13.6. The first-order valence-corrected chi connectivity index (χ1v) is 6.83. The smallest absolute Gasteiger partial charge is 0.276 e. The number of carbonyl (C=O) groups excluding carboxylic acids is 1. The quantitative estimate of drug-likeness (QED) is 0.805. The zero-order chi connectivity index (χ0) is 15.7. The van der Waals surface area contributed by atoms with Crippen LogP contribution in [-0.4, -0.2) is 15.3 Å². The molecule has 4 nitrogen and oxygen atoms in total. The molecule has 1 amide bonds. The number of amides is 1. The second-order valence-electron chi connectivity index (χ2n) is 4.74. The van der Waals surface area contributed by atoms with E-state index in [0.717, 1.165) is 12.1 Å². The molecule has 6 heteroatoms. The molecule has 2 aromatic heterocycles. The van der Waals surface area contributed by atoms with Crippen LogP contribution in [0.15, 0.2) is 42.6 Å². The van der Waals surface area contributed by atoms with Crippen LogP contribution in [0.25, 0.3) is 5.52 Å². The highest BCUT2D eigenvalue weighted by Crippen LogP contribution is 2.20. The largest absolute Gasteiger partial charge is 0.316 e. The van der Waals surface area contributed by atoms with Crippen LogP contribution in [0.1, 0.15) is 23.2 Å². The summed E-state index contributed by atoms with van der Waals surface area (Å²) in [5.74, 6) is -1.60. The van der Waals surface area contributed by atoms with E-state index in [0.29, 0.717) is 17.8 Å². The minimum atomic E-state index is -0.826. The molecule has 3 rings (SSSR count). The molecule has 22 heavy (non-hydrogen) atoms. The summed E-state index contributed by atoms with van der Waals surface area (Å²) in [7, 11) is 0. The Morgan fingerprint density at radius 2 is 1.91 bits per heavy atom. The molecule has 1 aromatic carbocycles. The number of nitrogens with zero attached hydrogens (tertiary/aromatic N) is 2. The van der Waals surface area contributed by atoms with Gasteiger partial charge in [0.1, 0.15) is 23.1 Å². The van der Waals surface area contributed by atoms with Crippen molar-refractivity contribution in [1.29, 1.82) is 0 Å². The van der Waals surface area contributed by atoms with E-state index in [1.807, 2.05) is 13.0 Å². The maximum Gasteiger partial charge on any atom is 0.276 e. The minimum Gasteiger partial charge on any atom is -0.316 e. The zero-order valence-corrected chi connectivity index (χ0v) is 11.8. The van der Waals surface area contributed by atoms with Gasteiger partial charge in [0.15, 0.2) is 5.69 Å². The maximum atomic E-state index is 13.6. The van der Waals surface area contributed by atoms with E-state index in [2.05, 4.69) is 10.3 Å². The molecular formula is C16H13F2N3O. The molecular weight excluding hydrogens is 288 g/mol. The van der Waals surface area contributed by atoms with E-state index < -0.39 is 23.2 Å². The van der Waals surface area contributed by atoms with Crippen LogP contribution in [0.4, 0.5) is 14.5 Å². The molecule has 0 aliphatic heterocycles. The van der Waals surface area contributed by atoms with Gasteiger partial charge in [0, 0.05) is 12.6 Å². The number of rotatable bonds is 3. The Morgan fingerprint density at radius 1 is 1.18 bits per heavy atom. The number of pyridine rings is 1. The fourth-order valence-corrected chi connectivity index (χ4v) is 2.31. The number of benzene rings is 1. The Hall–Kier alpha value is -2.76. The summed E-state index contributed by atoms with van der Waals surface area (Å²) in [6, 6.07) is 8.74. The van der Waals surface area contributed by atoms with Gasteiger partial charge < -0.3 is 9.72 Å². The third kappa shape index (κ3) is 2.32. The average molecular weight is 301 g/mol. The molecule has 1 N–H and O–H groups in total. The van der Waals surface area contributed by atoms with Crippen molar-refractivity contribution < 1.29 is 13.6 Å². The molecule has 0 aliphatic carbocycles. The number of anilines is 1. The normalized spacial score (nSPS) is 10.9. The van der Waals surface area contributed by atoms with Gasteiger partial charge in [-0.25, -0.2) is 13.8 Å². The molecule has 0 radical (unpaired) electrons. The number of aryl methyl sites for hydroxylation is 1. The van der Waals surface area contributed by atoms with Gasteiger partial charge in [-0.3, -0.25) is 4.79 Å². The summed E-state index contributed by atoms with van der Waals surface area (Å²) >= 11 is 0. The Kier molecular flexibility index (Phi) is 3.58. The van der Waals surface area contributed by atoms with Crippen molar-refractivity contribution in [3.63, 3.8) is 0 Å². The minimum absolute atomic E-state index is 0.139. The number of carbonyl (C=O) groups is 1. The molecule has 0 unspecified atom stereocenters. The van der Waals surface area contributed by atoms with Crippen molar-refractivity contribution in [3.05, 3.63) is 65.7 Å². The molecule has 0 saturated carbocycles. The van der Waals surface area contributed by atoms with Crippen LogP contribution >= 0.6 is 0 Å². The first kappa shape index (κ1) is 14.2. The molecule has 0 bridgehead atoms. The van der Waals surface area contributed by atoms with E-state index in [1.165, 1.54) is 6.07 Å². The van der Waals surface area contributed by atoms with Crippen LogP contribution in [0, 0.1) is 11.6 Å². The average Bonchev–Trinajstić information content (AvgIpc) is 2.90. The van der Waals surface area contributed by atoms with Crippen LogP contribution in [-0.2, 0) is 6.42 Å². The highest BCUT2D eigenvalue weighted by atomic mass is 19.1. The molecule has 2 heterocycles. The predicted molar refractivity (Wildman–Crippen MR) is 78.9 cm³/mol. The second-order valence-corrected chi connectivity index (χ2v) is 4.74. The topological polar surface area (TPSA) is 46.4 Å². The molecule has 3 aromatic rings. The number of nitrogens with one attached hydrogen (secondary N) is 1. The lowest BCUT2D eigenvalue weighted by Gasteiger charge is -2.06. The molecule has 0 atom stereocenters. The Labute approximate surface area is 125 Å². The molecule has 112 valence electrons. The SMILES string of the molecule is CCc1nc(C(=O)Nc2c(F)cccc2F)c2ccccn12.